The normalized spacial score (nSPS) is 22.3. The Kier molecular flexibility index (Phi) is 7.59. The summed E-state index contributed by atoms with van der Waals surface area (Å²) in [5, 5.41) is 13.9. The van der Waals surface area contributed by atoms with Crippen molar-refractivity contribution in [3.63, 3.8) is 0 Å². The van der Waals surface area contributed by atoms with Gasteiger partial charge in [-0.3, -0.25) is 10.1 Å². The Bertz CT molecular complexity index is 658. The van der Waals surface area contributed by atoms with Crippen LogP contribution in [-0.4, -0.2) is 43.1 Å². The zero-order valence-corrected chi connectivity index (χ0v) is 15.8. The van der Waals surface area contributed by atoms with Gasteiger partial charge in [0.2, 0.25) is 6.23 Å². The lowest BCUT2D eigenvalue weighted by Crippen LogP contribution is -2.46. The minimum Gasteiger partial charge on any atom is -0.348 e. The second kappa shape index (κ2) is 9.51. The van der Waals surface area contributed by atoms with Gasteiger partial charge < -0.3 is 15.0 Å². The van der Waals surface area contributed by atoms with Crippen molar-refractivity contribution in [2.75, 3.05) is 24.6 Å². The molecule has 0 bridgehead atoms. The Hall–Kier alpha value is -1.94. The summed E-state index contributed by atoms with van der Waals surface area (Å²) in [7, 11) is 0. The Morgan fingerprint density at radius 3 is 2.39 bits per heavy atom. The molecule has 1 aromatic carbocycles. The number of ether oxygens (including phenoxy) is 1. The first-order chi connectivity index (χ1) is 13.1. The summed E-state index contributed by atoms with van der Waals surface area (Å²) in [5.41, 5.74) is -0.864. The Morgan fingerprint density at radius 1 is 1.32 bits per heavy atom. The van der Waals surface area contributed by atoms with E-state index < -0.39 is 34.9 Å². The van der Waals surface area contributed by atoms with Crippen molar-refractivity contribution >= 4 is 11.4 Å². The average molecular weight is 407 g/mol. The van der Waals surface area contributed by atoms with E-state index >= 15 is 0 Å². The van der Waals surface area contributed by atoms with Gasteiger partial charge in [0.15, 0.2) is 5.82 Å². The van der Waals surface area contributed by atoms with E-state index in [1.165, 1.54) is 25.9 Å². The average Bonchev–Trinajstić information content (AvgIpc) is 3.26. The van der Waals surface area contributed by atoms with Gasteiger partial charge in [-0.25, -0.2) is 4.39 Å². The third kappa shape index (κ3) is 5.78. The molecule has 0 aromatic heterocycles. The summed E-state index contributed by atoms with van der Waals surface area (Å²) in [5.74, 6) is -0.994. The lowest BCUT2D eigenvalue weighted by atomic mass is 10.0. The minimum absolute atomic E-state index is 0.0826. The number of hydrogen-bond donors (Lipinski definition) is 1. The zero-order chi connectivity index (χ0) is 20.9. The molecule has 2 aliphatic rings. The number of hydrogen-bond acceptors (Lipinski definition) is 5. The van der Waals surface area contributed by atoms with Crippen LogP contribution < -0.4 is 10.2 Å². The molecule has 0 saturated carbocycles. The molecule has 2 saturated heterocycles. The molecule has 10 heteroatoms. The second-order valence-electron chi connectivity index (χ2n) is 7.27. The molecule has 1 aromatic rings. The summed E-state index contributed by atoms with van der Waals surface area (Å²) in [6.45, 7) is 6.00. The second-order valence-corrected chi connectivity index (χ2v) is 7.27. The molecule has 2 fully saturated rings. The van der Waals surface area contributed by atoms with Crippen molar-refractivity contribution in [2.45, 2.75) is 51.6 Å². The number of benzene rings is 1. The molecule has 0 unspecified atom stereocenters. The highest BCUT2D eigenvalue weighted by molar-refractivity contribution is 5.54. The lowest BCUT2D eigenvalue weighted by molar-refractivity contribution is -0.385. The van der Waals surface area contributed by atoms with E-state index in [1.807, 2.05) is 13.8 Å². The van der Waals surface area contributed by atoms with E-state index in [0.29, 0.717) is 12.5 Å². The summed E-state index contributed by atoms with van der Waals surface area (Å²) in [6.07, 6.45) is -3.80. The van der Waals surface area contributed by atoms with Crippen LogP contribution >= 0.6 is 0 Å². The van der Waals surface area contributed by atoms with Gasteiger partial charge in [0, 0.05) is 6.07 Å². The summed E-state index contributed by atoms with van der Waals surface area (Å²) < 4.78 is 58.4. The molecule has 28 heavy (non-hydrogen) atoms. The first-order valence-corrected chi connectivity index (χ1v) is 9.22. The maximum atomic E-state index is 14.2. The van der Waals surface area contributed by atoms with Gasteiger partial charge in [0.25, 0.3) is 5.69 Å². The predicted octanol–water partition coefficient (Wildman–Crippen LogP) is 4.24. The molecule has 0 aliphatic carbocycles. The summed E-state index contributed by atoms with van der Waals surface area (Å²) in [4.78, 5) is 10.7. The predicted molar refractivity (Wildman–Crippen MR) is 96.7 cm³/mol. The van der Waals surface area contributed by atoms with E-state index in [2.05, 4.69) is 5.32 Å². The number of nitrogens with zero attached hydrogens (tertiary/aromatic N) is 2. The van der Waals surface area contributed by atoms with Crippen LogP contribution in [0.15, 0.2) is 18.2 Å². The summed E-state index contributed by atoms with van der Waals surface area (Å²) >= 11 is 0. The fourth-order valence-electron chi connectivity index (χ4n) is 3.30. The molecule has 2 heterocycles. The Morgan fingerprint density at radius 2 is 1.96 bits per heavy atom. The van der Waals surface area contributed by atoms with Gasteiger partial charge in [0.05, 0.1) is 29.3 Å². The van der Waals surface area contributed by atoms with E-state index in [4.69, 9.17) is 4.74 Å². The van der Waals surface area contributed by atoms with Crippen molar-refractivity contribution in [3.8, 4) is 0 Å². The van der Waals surface area contributed by atoms with Gasteiger partial charge in [-0.2, -0.15) is 13.2 Å². The fourth-order valence-corrected chi connectivity index (χ4v) is 3.30. The van der Waals surface area contributed by atoms with Crippen LogP contribution in [0.4, 0.5) is 28.9 Å². The standard InChI is InChI=1S/C14H16F4N2O3.C4H9N/c1-8(2)5-10-7-23-13(14(16,17)18)19(10)12-4-3-9(20(21)22)6-11(12)15;1-2-4-5-3-1/h3-4,6,8,10,13H,5,7H2,1-2H3;5H,1-4H2/t10-,13-;/m1./s1. The van der Waals surface area contributed by atoms with Gasteiger partial charge >= 0.3 is 6.18 Å². The smallest absolute Gasteiger partial charge is 0.348 e. The van der Waals surface area contributed by atoms with Crippen LogP contribution in [0.2, 0.25) is 0 Å². The number of non-ortho nitro benzene ring substituents is 1. The fraction of sp³-hybridized carbons (Fsp3) is 0.667. The van der Waals surface area contributed by atoms with E-state index in [9.17, 15) is 27.7 Å². The zero-order valence-electron chi connectivity index (χ0n) is 15.8. The van der Waals surface area contributed by atoms with Crippen molar-refractivity contribution < 1.29 is 27.2 Å². The van der Waals surface area contributed by atoms with Gasteiger partial charge in [0.1, 0.15) is 0 Å². The summed E-state index contributed by atoms with van der Waals surface area (Å²) in [6, 6.07) is 1.94. The van der Waals surface area contributed by atoms with Crippen molar-refractivity contribution in [2.24, 2.45) is 5.92 Å². The third-order valence-corrected chi connectivity index (χ3v) is 4.49. The molecule has 1 N–H and O–H groups in total. The highest BCUT2D eigenvalue weighted by Crippen LogP contribution is 2.39. The number of halogens is 4. The van der Waals surface area contributed by atoms with Crippen molar-refractivity contribution in [1.29, 1.82) is 0 Å². The maximum absolute atomic E-state index is 14.2. The lowest BCUT2D eigenvalue weighted by Gasteiger charge is -2.32. The number of alkyl halides is 3. The molecule has 158 valence electrons. The van der Waals surface area contributed by atoms with Crippen LogP contribution in [0.3, 0.4) is 0 Å². The van der Waals surface area contributed by atoms with E-state index in [-0.39, 0.29) is 18.2 Å². The number of nitro groups is 1. The van der Waals surface area contributed by atoms with Crippen molar-refractivity contribution in [3.05, 3.63) is 34.1 Å². The van der Waals surface area contributed by atoms with E-state index in [0.717, 1.165) is 17.0 Å². The Labute approximate surface area is 161 Å². The highest BCUT2D eigenvalue weighted by atomic mass is 19.4. The number of nitro benzene ring substituents is 1. The molecule has 3 rings (SSSR count). The van der Waals surface area contributed by atoms with Crippen LogP contribution in [0.1, 0.15) is 33.1 Å². The molecule has 0 radical (unpaired) electrons. The maximum Gasteiger partial charge on any atom is 0.433 e. The SMILES string of the molecule is C1CCNC1.CC(C)C[C@@H]1CO[C@H](C(F)(F)F)N1c1ccc([N+](=O)[O-])cc1F. The minimum atomic E-state index is -4.69. The quantitative estimate of drug-likeness (QED) is 0.459. The van der Waals surface area contributed by atoms with Crippen LogP contribution in [0.25, 0.3) is 0 Å². The van der Waals surface area contributed by atoms with Crippen molar-refractivity contribution in [1.82, 2.24) is 5.32 Å². The number of anilines is 1. The highest BCUT2D eigenvalue weighted by Gasteiger charge is 2.51. The molecular formula is C18H25F4N3O3. The molecular weight excluding hydrogens is 382 g/mol. The van der Waals surface area contributed by atoms with E-state index in [1.54, 1.807) is 0 Å². The largest absolute Gasteiger partial charge is 0.433 e. The first-order valence-electron chi connectivity index (χ1n) is 9.22. The molecule has 0 spiro atoms. The van der Waals surface area contributed by atoms with Crippen LogP contribution in [0.5, 0.6) is 0 Å². The molecule has 2 atom stereocenters. The molecule has 6 nitrogen and oxygen atoms in total. The number of nitrogens with one attached hydrogen (secondary N) is 1. The Balaban J connectivity index is 0.000000485. The third-order valence-electron chi connectivity index (χ3n) is 4.49. The van der Waals surface area contributed by atoms with Crippen LogP contribution in [0, 0.1) is 21.8 Å². The van der Waals surface area contributed by atoms with Crippen LogP contribution in [-0.2, 0) is 4.74 Å². The van der Waals surface area contributed by atoms with Gasteiger partial charge in [-0.05, 0) is 44.3 Å². The number of rotatable bonds is 4. The molecule has 0 amide bonds. The monoisotopic (exact) mass is 407 g/mol. The topological polar surface area (TPSA) is 67.6 Å². The molecule has 2 aliphatic heterocycles. The first kappa shape index (κ1) is 22.4. The van der Waals surface area contributed by atoms with Gasteiger partial charge in [-0.1, -0.05) is 13.8 Å². The van der Waals surface area contributed by atoms with Gasteiger partial charge in [-0.15, -0.1) is 0 Å².